The number of carbonyl (C=O) groups is 1. The summed E-state index contributed by atoms with van der Waals surface area (Å²) in [6, 6.07) is 9.55. The maximum Gasteiger partial charge on any atom is 0.255 e. The highest BCUT2D eigenvalue weighted by Gasteiger charge is 2.21. The number of rotatable bonds is 9. The van der Waals surface area contributed by atoms with Crippen LogP contribution in [-0.4, -0.2) is 44.9 Å². The van der Waals surface area contributed by atoms with Gasteiger partial charge in [-0.25, -0.2) is 9.07 Å². The molecule has 0 bridgehead atoms. The number of benzene rings is 2. The Bertz CT molecular complexity index is 1450. The third-order valence-corrected chi connectivity index (χ3v) is 6.29. The number of aryl methyl sites for hydroxylation is 1. The lowest BCUT2D eigenvalue weighted by atomic mass is 10.1. The van der Waals surface area contributed by atoms with Crippen LogP contribution in [0.1, 0.15) is 44.0 Å². The van der Waals surface area contributed by atoms with Gasteiger partial charge in [0.25, 0.3) is 5.91 Å². The Morgan fingerprint density at radius 2 is 2.00 bits per heavy atom. The van der Waals surface area contributed by atoms with Crippen molar-refractivity contribution >= 4 is 5.91 Å². The largest absolute Gasteiger partial charge is 0.494 e. The third-order valence-electron chi connectivity index (χ3n) is 6.29. The Morgan fingerprint density at radius 1 is 1.16 bits per heavy atom. The number of halogens is 1. The molecule has 5 rings (SSSR count). The van der Waals surface area contributed by atoms with Gasteiger partial charge >= 0.3 is 0 Å². The molecule has 11 heteroatoms. The van der Waals surface area contributed by atoms with Gasteiger partial charge in [-0.15, -0.1) is 5.10 Å². The monoisotopic (exact) mass is 505 g/mol. The van der Waals surface area contributed by atoms with Crippen molar-refractivity contribution in [2.24, 2.45) is 0 Å². The van der Waals surface area contributed by atoms with Crippen molar-refractivity contribution in [2.75, 3.05) is 14.2 Å². The van der Waals surface area contributed by atoms with E-state index in [0.29, 0.717) is 29.2 Å². The van der Waals surface area contributed by atoms with Crippen molar-refractivity contribution in [3.63, 3.8) is 0 Å². The van der Waals surface area contributed by atoms with E-state index in [2.05, 4.69) is 44.2 Å². The lowest BCUT2D eigenvalue weighted by Gasteiger charge is -2.14. The van der Waals surface area contributed by atoms with Crippen LogP contribution in [0.5, 0.6) is 5.75 Å². The molecule has 2 aromatic heterocycles. The fourth-order valence-electron chi connectivity index (χ4n) is 4.47. The SMILES string of the molecule is COCc1nn(Cc2ccc3c(c2)CNC3)cc1C(=O)NCc1c(-n2cc(C)nn2)ccc(OC)c1F. The molecule has 0 atom stereocenters. The minimum absolute atomic E-state index is 0.0716. The van der Waals surface area contributed by atoms with Gasteiger partial charge in [-0.1, -0.05) is 23.4 Å². The second-order valence-electron chi connectivity index (χ2n) is 8.89. The summed E-state index contributed by atoms with van der Waals surface area (Å²) in [4.78, 5) is 13.2. The van der Waals surface area contributed by atoms with E-state index in [1.165, 1.54) is 29.0 Å². The van der Waals surface area contributed by atoms with E-state index in [4.69, 9.17) is 9.47 Å². The second-order valence-corrected chi connectivity index (χ2v) is 8.89. The van der Waals surface area contributed by atoms with E-state index in [1.54, 1.807) is 37.2 Å². The van der Waals surface area contributed by atoms with Crippen molar-refractivity contribution in [1.82, 2.24) is 35.4 Å². The van der Waals surface area contributed by atoms with Gasteiger partial charge in [0, 0.05) is 38.5 Å². The van der Waals surface area contributed by atoms with E-state index in [-0.39, 0.29) is 30.4 Å². The first-order valence-corrected chi connectivity index (χ1v) is 11.9. The predicted molar refractivity (Wildman–Crippen MR) is 133 cm³/mol. The Hall–Kier alpha value is -4.09. The maximum atomic E-state index is 15.2. The smallest absolute Gasteiger partial charge is 0.255 e. The van der Waals surface area contributed by atoms with Crippen LogP contribution in [0.4, 0.5) is 4.39 Å². The number of nitrogens with zero attached hydrogens (tertiary/aromatic N) is 5. The molecule has 0 aliphatic carbocycles. The van der Waals surface area contributed by atoms with Gasteiger partial charge in [0.1, 0.15) is 5.69 Å². The zero-order valence-electron chi connectivity index (χ0n) is 20.9. The predicted octanol–water partition coefficient (Wildman–Crippen LogP) is 2.65. The van der Waals surface area contributed by atoms with E-state index < -0.39 is 5.82 Å². The number of ether oxygens (including phenoxy) is 2. The zero-order chi connectivity index (χ0) is 25.9. The number of amides is 1. The standard InChI is InChI=1S/C26H28FN7O3/c1-16-12-34(32-30-16)23-6-7-24(37-3)25(27)20(23)11-29-26(35)21-14-33(31-22(21)15-36-2)13-17-4-5-18-9-28-10-19(18)8-17/h4-8,12,14,28H,9-11,13,15H2,1-3H3,(H,29,35). The number of hydrogen-bond donors (Lipinski definition) is 2. The van der Waals surface area contributed by atoms with E-state index in [0.717, 1.165) is 18.7 Å². The van der Waals surface area contributed by atoms with Crippen molar-refractivity contribution < 1.29 is 18.7 Å². The van der Waals surface area contributed by atoms with Gasteiger partial charge in [-0.05, 0) is 35.7 Å². The molecule has 0 radical (unpaired) electrons. The van der Waals surface area contributed by atoms with E-state index >= 15 is 4.39 Å². The molecule has 1 aliphatic heterocycles. The van der Waals surface area contributed by atoms with Crippen molar-refractivity contribution in [2.45, 2.75) is 39.7 Å². The van der Waals surface area contributed by atoms with Gasteiger partial charge in [0.05, 0.1) is 43.4 Å². The molecule has 0 saturated heterocycles. The molecule has 0 spiro atoms. The molecule has 2 aromatic carbocycles. The highest BCUT2D eigenvalue weighted by molar-refractivity contribution is 5.95. The van der Waals surface area contributed by atoms with E-state index in [9.17, 15) is 4.79 Å². The molecule has 3 heterocycles. The van der Waals surface area contributed by atoms with Crippen LogP contribution in [0, 0.1) is 12.7 Å². The zero-order valence-corrected chi connectivity index (χ0v) is 20.9. The van der Waals surface area contributed by atoms with Crippen LogP contribution in [0.2, 0.25) is 0 Å². The molecule has 192 valence electrons. The molecule has 0 fully saturated rings. The first kappa shape index (κ1) is 24.6. The summed E-state index contributed by atoms with van der Waals surface area (Å²) >= 11 is 0. The quantitative estimate of drug-likeness (QED) is 0.360. The number of aromatic nitrogens is 5. The highest BCUT2D eigenvalue weighted by atomic mass is 19.1. The summed E-state index contributed by atoms with van der Waals surface area (Å²) in [5.74, 6) is -0.894. The molecule has 4 aromatic rings. The maximum absolute atomic E-state index is 15.2. The molecule has 10 nitrogen and oxygen atoms in total. The van der Waals surface area contributed by atoms with Crippen molar-refractivity contribution in [3.8, 4) is 11.4 Å². The van der Waals surface area contributed by atoms with Crippen LogP contribution in [0.15, 0.2) is 42.7 Å². The van der Waals surface area contributed by atoms with Crippen LogP contribution in [0.3, 0.4) is 0 Å². The summed E-state index contributed by atoms with van der Waals surface area (Å²) < 4.78 is 28.9. The normalized spacial score (nSPS) is 12.5. The van der Waals surface area contributed by atoms with Crippen LogP contribution in [0.25, 0.3) is 5.69 Å². The molecule has 1 aliphatic rings. The number of methoxy groups -OCH3 is 2. The molecule has 1 amide bonds. The fourth-order valence-corrected chi connectivity index (χ4v) is 4.47. The number of nitrogens with one attached hydrogen (secondary N) is 2. The van der Waals surface area contributed by atoms with Crippen LogP contribution in [-0.2, 0) is 37.5 Å². The second kappa shape index (κ2) is 10.5. The molecule has 2 N–H and O–H groups in total. The minimum atomic E-state index is -0.577. The van der Waals surface area contributed by atoms with Crippen molar-refractivity contribution in [1.29, 1.82) is 0 Å². The lowest BCUT2D eigenvalue weighted by molar-refractivity contribution is 0.0945. The average molecular weight is 506 g/mol. The average Bonchev–Trinajstić information content (AvgIpc) is 3.63. The van der Waals surface area contributed by atoms with Gasteiger partial charge < -0.3 is 20.1 Å². The molecule has 0 unspecified atom stereocenters. The first-order chi connectivity index (χ1) is 18.0. The van der Waals surface area contributed by atoms with Crippen LogP contribution < -0.4 is 15.4 Å². The summed E-state index contributed by atoms with van der Waals surface area (Å²) in [7, 11) is 2.94. The summed E-state index contributed by atoms with van der Waals surface area (Å²) in [5.41, 5.74) is 5.90. The summed E-state index contributed by atoms with van der Waals surface area (Å²) in [5, 5.41) is 18.8. The Morgan fingerprint density at radius 3 is 2.76 bits per heavy atom. The Kier molecular flexibility index (Phi) is 6.97. The van der Waals surface area contributed by atoms with Gasteiger partial charge in [0.2, 0.25) is 0 Å². The third kappa shape index (κ3) is 5.09. The minimum Gasteiger partial charge on any atom is -0.494 e. The van der Waals surface area contributed by atoms with Gasteiger partial charge in [-0.2, -0.15) is 5.10 Å². The summed E-state index contributed by atoms with van der Waals surface area (Å²) in [6.45, 7) is 4.11. The number of fused-ring (bicyclic) bond motifs is 1. The number of carbonyl (C=O) groups excluding carboxylic acids is 1. The Balaban J connectivity index is 1.38. The first-order valence-electron chi connectivity index (χ1n) is 11.9. The summed E-state index contributed by atoms with van der Waals surface area (Å²) in [6.07, 6.45) is 3.38. The van der Waals surface area contributed by atoms with Crippen LogP contribution >= 0.6 is 0 Å². The fraction of sp³-hybridized carbons (Fsp3) is 0.308. The number of hydrogen-bond acceptors (Lipinski definition) is 7. The highest BCUT2D eigenvalue weighted by Crippen LogP contribution is 2.26. The Labute approximate surface area is 213 Å². The van der Waals surface area contributed by atoms with E-state index in [1.807, 2.05) is 0 Å². The molecule has 0 saturated carbocycles. The lowest BCUT2D eigenvalue weighted by Crippen LogP contribution is -2.25. The van der Waals surface area contributed by atoms with Crippen molar-refractivity contribution in [3.05, 3.63) is 87.7 Å². The van der Waals surface area contributed by atoms with Gasteiger partial charge in [-0.3, -0.25) is 9.48 Å². The van der Waals surface area contributed by atoms with Gasteiger partial charge in [0.15, 0.2) is 11.6 Å². The molecule has 37 heavy (non-hydrogen) atoms. The molecular formula is C26H28FN7O3. The topological polar surface area (TPSA) is 108 Å². The molecular weight excluding hydrogens is 477 g/mol.